The zero-order valence-electron chi connectivity index (χ0n) is 11.3. The largest absolute Gasteiger partial charge is 0.468 e. The van der Waals surface area contributed by atoms with Gasteiger partial charge in [0.25, 0.3) is 5.91 Å². The Bertz CT molecular complexity index is 787. The fraction of sp³-hybridized carbons (Fsp3) is 0.231. The van der Waals surface area contributed by atoms with Crippen LogP contribution in [-0.4, -0.2) is 34.9 Å². The summed E-state index contributed by atoms with van der Waals surface area (Å²) in [5.41, 5.74) is 2.26. The van der Waals surface area contributed by atoms with E-state index in [0.717, 1.165) is 9.87 Å². The van der Waals surface area contributed by atoms with E-state index in [1.54, 1.807) is 6.07 Å². The maximum absolute atomic E-state index is 12.7. The second-order valence-corrected chi connectivity index (χ2v) is 6.69. The Labute approximate surface area is 126 Å². The number of hydroxylamine groups is 1. The average Bonchev–Trinajstić information content (AvgIpc) is 3.01. The second kappa shape index (κ2) is 5.52. The Hall–Kier alpha value is -2.23. The Morgan fingerprint density at radius 1 is 1.45 bits per heavy atom. The fourth-order valence-corrected chi connectivity index (χ4v) is 3.94. The number of aromatic nitrogens is 1. The number of carbonyl (C=O) groups excluding carboxylic acids is 1. The van der Waals surface area contributed by atoms with Crippen molar-refractivity contribution in [1.29, 1.82) is 0 Å². The van der Waals surface area contributed by atoms with Crippen molar-refractivity contribution in [1.82, 2.24) is 14.8 Å². The van der Waals surface area contributed by atoms with E-state index >= 15 is 0 Å². The van der Waals surface area contributed by atoms with E-state index < -0.39 is 22.0 Å². The molecule has 0 saturated heterocycles. The molecule has 22 heavy (non-hydrogen) atoms. The fourth-order valence-electron chi connectivity index (χ4n) is 2.44. The van der Waals surface area contributed by atoms with Crippen LogP contribution in [0.5, 0.6) is 0 Å². The molecule has 2 aromatic heterocycles. The number of nitrogens with one attached hydrogen (secondary N) is 1. The number of furan rings is 1. The van der Waals surface area contributed by atoms with Crippen LogP contribution in [0.15, 0.2) is 46.2 Å². The quantitative estimate of drug-likeness (QED) is 0.620. The summed E-state index contributed by atoms with van der Waals surface area (Å²) >= 11 is 0. The topological polar surface area (TPSA) is 113 Å². The van der Waals surface area contributed by atoms with Gasteiger partial charge in [-0.3, -0.25) is 15.0 Å². The summed E-state index contributed by atoms with van der Waals surface area (Å²) in [5.74, 6) is -0.311. The van der Waals surface area contributed by atoms with Crippen molar-refractivity contribution in [2.24, 2.45) is 0 Å². The zero-order valence-corrected chi connectivity index (χ0v) is 12.2. The van der Waals surface area contributed by atoms with E-state index in [2.05, 4.69) is 4.98 Å². The van der Waals surface area contributed by atoms with Gasteiger partial charge in [0.15, 0.2) is 0 Å². The Morgan fingerprint density at radius 2 is 2.27 bits per heavy atom. The molecule has 1 aliphatic rings. The predicted molar refractivity (Wildman–Crippen MR) is 73.1 cm³/mol. The van der Waals surface area contributed by atoms with Gasteiger partial charge in [0, 0.05) is 18.8 Å². The molecular formula is C13H13N3O5S. The second-order valence-electron chi connectivity index (χ2n) is 4.80. The molecule has 0 saturated carbocycles. The van der Waals surface area contributed by atoms with Crippen LogP contribution in [0.1, 0.15) is 11.3 Å². The van der Waals surface area contributed by atoms with E-state index in [-0.39, 0.29) is 17.9 Å². The highest BCUT2D eigenvalue weighted by molar-refractivity contribution is 7.89. The van der Waals surface area contributed by atoms with Gasteiger partial charge in [-0.2, -0.15) is 4.31 Å². The summed E-state index contributed by atoms with van der Waals surface area (Å²) in [6.45, 7) is -0.0857. The minimum Gasteiger partial charge on any atom is -0.468 e. The number of pyridine rings is 1. The number of carbonyl (C=O) groups is 1. The van der Waals surface area contributed by atoms with Crippen molar-refractivity contribution < 1.29 is 22.8 Å². The average molecular weight is 323 g/mol. The van der Waals surface area contributed by atoms with Crippen molar-refractivity contribution in [3.8, 4) is 0 Å². The summed E-state index contributed by atoms with van der Waals surface area (Å²) in [6, 6.07) is 3.52. The SMILES string of the molecule is O=C(NO)[C@H]1Cc2ccoc2CN1S(=O)(=O)c1cccnc1. The van der Waals surface area contributed by atoms with Crippen LogP contribution in [0.2, 0.25) is 0 Å². The molecule has 9 heteroatoms. The lowest BCUT2D eigenvalue weighted by Gasteiger charge is -2.32. The minimum absolute atomic E-state index is 0.0271. The van der Waals surface area contributed by atoms with Gasteiger partial charge in [0.2, 0.25) is 10.0 Å². The molecule has 1 aliphatic heterocycles. The molecule has 0 fully saturated rings. The third kappa shape index (κ3) is 2.39. The number of sulfonamides is 1. The minimum atomic E-state index is -3.95. The maximum Gasteiger partial charge on any atom is 0.262 e. The van der Waals surface area contributed by atoms with Crippen LogP contribution in [0.4, 0.5) is 0 Å². The summed E-state index contributed by atoms with van der Waals surface area (Å²) in [6.07, 6.45) is 4.23. The van der Waals surface area contributed by atoms with Gasteiger partial charge in [-0.05, 0) is 23.8 Å². The highest BCUT2D eigenvalue weighted by Gasteiger charge is 2.40. The number of hydrogen-bond acceptors (Lipinski definition) is 6. The van der Waals surface area contributed by atoms with Gasteiger partial charge in [0.05, 0.1) is 12.8 Å². The van der Waals surface area contributed by atoms with Gasteiger partial charge in [-0.25, -0.2) is 13.9 Å². The van der Waals surface area contributed by atoms with Crippen LogP contribution in [0, 0.1) is 0 Å². The van der Waals surface area contributed by atoms with E-state index in [0.29, 0.717) is 5.76 Å². The van der Waals surface area contributed by atoms with Crippen molar-refractivity contribution >= 4 is 15.9 Å². The molecule has 3 heterocycles. The van der Waals surface area contributed by atoms with E-state index in [4.69, 9.17) is 9.62 Å². The third-order valence-electron chi connectivity index (χ3n) is 3.55. The van der Waals surface area contributed by atoms with Crippen molar-refractivity contribution in [3.63, 3.8) is 0 Å². The van der Waals surface area contributed by atoms with Crippen molar-refractivity contribution in [3.05, 3.63) is 48.2 Å². The van der Waals surface area contributed by atoms with Gasteiger partial charge in [0.1, 0.15) is 16.7 Å². The first kappa shape index (κ1) is 14.7. The highest BCUT2D eigenvalue weighted by atomic mass is 32.2. The van der Waals surface area contributed by atoms with Crippen molar-refractivity contribution in [2.75, 3.05) is 0 Å². The Kier molecular flexibility index (Phi) is 3.69. The molecule has 2 N–H and O–H groups in total. The highest BCUT2D eigenvalue weighted by Crippen LogP contribution is 2.29. The Morgan fingerprint density at radius 3 is 2.95 bits per heavy atom. The molecular weight excluding hydrogens is 310 g/mol. The van der Waals surface area contributed by atoms with Crippen LogP contribution < -0.4 is 5.48 Å². The molecule has 3 rings (SSSR count). The number of nitrogens with zero attached hydrogens (tertiary/aromatic N) is 2. The number of rotatable bonds is 3. The summed E-state index contributed by atoms with van der Waals surface area (Å²) in [7, 11) is -3.95. The van der Waals surface area contributed by atoms with Gasteiger partial charge >= 0.3 is 0 Å². The zero-order chi connectivity index (χ0) is 15.7. The molecule has 0 aromatic carbocycles. The van der Waals surface area contributed by atoms with Crippen LogP contribution in [-0.2, 0) is 27.8 Å². The van der Waals surface area contributed by atoms with Gasteiger partial charge in [-0.15, -0.1) is 0 Å². The Balaban J connectivity index is 2.05. The lowest BCUT2D eigenvalue weighted by atomic mass is 10.0. The van der Waals surface area contributed by atoms with Crippen LogP contribution in [0.25, 0.3) is 0 Å². The first-order chi connectivity index (χ1) is 10.5. The molecule has 0 spiro atoms. The van der Waals surface area contributed by atoms with Crippen LogP contribution >= 0.6 is 0 Å². The van der Waals surface area contributed by atoms with E-state index in [9.17, 15) is 13.2 Å². The normalized spacial score (nSPS) is 18.7. The smallest absolute Gasteiger partial charge is 0.262 e. The maximum atomic E-state index is 12.7. The summed E-state index contributed by atoms with van der Waals surface area (Å²) in [4.78, 5) is 15.6. The molecule has 116 valence electrons. The number of hydrogen-bond donors (Lipinski definition) is 2. The monoisotopic (exact) mass is 323 g/mol. The first-order valence-corrected chi connectivity index (χ1v) is 7.89. The molecule has 0 radical (unpaired) electrons. The van der Waals surface area contributed by atoms with Gasteiger partial charge in [-0.1, -0.05) is 0 Å². The predicted octanol–water partition coefficient (Wildman–Crippen LogP) is 0.296. The van der Waals surface area contributed by atoms with Crippen molar-refractivity contribution in [2.45, 2.75) is 23.9 Å². The van der Waals surface area contributed by atoms with Crippen LogP contribution in [0.3, 0.4) is 0 Å². The summed E-state index contributed by atoms with van der Waals surface area (Å²) < 4.78 is 31.7. The first-order valence-electron chi connectivity index (χ1n) is 6.45. The molecule has 0 unspecified atom stereocenters. The third-order valence-corrected chi connectivity index (χ3v) is 5.39. The standard InChI is InChI=1S/C13H13N3O5S/c17-13(15-18)11-6-9-3-5-21-12(9)8-16(11)22(19,20)10-2-1-4-14-7-10/h1-5,7,11,18H,6,8H2,(H,15,17)/t11-/m1/s1. The van der Waals surface area contributed by atoms with E-state index in [1.165, 1.54) is 36.3 Å². The molecule has 0 bridgehead atoms. The number of fused-ring (bicyclic) bond motifs is 1. The van der Waals surface area contributed by atoms with E-state index in [1.807, 2.05) is 0 Å². The molecule has 8 nitrogen and oxygen atoms in total. The molecule has 1 atom stereocenters. The molecule has 2 aromatic rings. The number of amides is 1. The lowest BCUT2D eigenvalue weighted by Crippen LogP contribution is -2.51. The lowest BCUT2D eigenvalue weighted by molar-refractivity contribution is -0.133. The molecule has 1 amide bonds. The summed E-state index contributed by atoms with van der Waals surface area (Å²) in [5, 5.41) is 8.88. The molecule has 0 aliphatic carbocycles. The van der Waals surface area contributed by atoms with Gasteiger partial charge < -0.3 is 4.42 Å².